The minimum Gasteiger partial charge on any atom is -0.359 e. The summed E-state index contributed by atoms with van der Waals surface area (Å²) in [6, 6.07) is 0. The maximum Gasteiger partial charge on any atom is 0.0371 e. The Kier molecular flexibility index (Phi) is 7.77. The molecule has 1 aliphatic rings. The first-order valence-electron chi connectivity index (χ1n) is 7.78. The average molecular weight is 293 g/mol. The summed E-state index contributed by atoms with van der Waals surface area (Å²) in [5, 5.41) is 3.51. The summed E-state index contributed by atoms with van der Waals surface area (Å²) in [4.78, 5) is 0. The molecule has 22 heavy (non-hydrogen) atoms. The van der Waals surface area contributed by atoms with E-state index in [0.29, 0.717) is 0 Å². The Morgan fingerprint density at radius 2 is 1.82 bits per heavy atom. The van der Waals surface area contributed by atoms with Crippen molar-refractivity contribution in [3.63, 3.8) is 0 Å². The van der Waals surface area contributed by atoms with Gasteiger partial charge in [-0.25, -0.2) is 0 Å². The van der Waals surface area contributed by atoms with E-state index in [1.165, 1.54) is 16.7 Å². The van der Waals surface area contributed by atoms with E-state index in [4.69, 9.17) is 0 Å². The molecule has 0 spiro atoms. The molecule has 0 saturated heterocycles. The maximum absolute atomic E-state index is 3.96. The first-order chi connectivity index (χ1) is 10.7. The van der Waals surface area contributed by atoms with Crippen molar-refractivity contribution in [2.75, 3.05) is 0 Å². The zero-order chi connectivity index (χ0) is 16.4. The molecule has 0 aliphatic carbocycles. The third-order valence-corrected chi connectivity index (χ3v) is 3.56. The summed E-state index contributed by atoms with van der Waals surface area (Å²) in [6.07, 6.45) is 18.9. The zero-order valence-electron chi connectivity index (χ0n) is 13.9. The van der Waals surface area contributed by atoms with Crippen LogP contribution in [0.2, 0.25) is 0 Å². The Labute approximate surface area is 135 Å². The van der Waals surface area contributed by atoms with Gasteiger partial charge >= 0.3 is 0 Å². The number of hydrogen-bond acceptors (Lipinski definition) is 1. The predicted molar refractivity (Wildman–Crippen MR) is 99.3 cm³/mol. The highest BCUT2D eigenvalue weighted by atomic mass is 14.9. The van der Waals surface area contributed by atoms with Gasteiger partial charge < -0.3 is 5.32 Å². The van der Waals surface area contributed by atoms with Gasteiger partial charge in [-0.05, 0) is 42.6 Å². The van der Waals surface area contributed by atoms with Crippen molar-refractivity contribution in [2.45, 2.75) is 33.1 Å². The minimum atomic E-state index is 0.928. The van der Waals surface area contributed by atoms with E-state index >= 15 is 0 Å². The molecule has 116 valence electrons. The van der Waals surface area contributed by atoms with E-state index in [2.05, 4.69) is 51.1 Å². The van der Waals surface area contributed by atoms with Crippen molar-refractivity contribution in [3.8, 4) is 0 Å². The van der Waals surface area contributed by atoms with Gasteiger partial charge in [0.1, 0.15) is 0 Å². The summed E-state index contributed by atoms with van der Waals surface area (Å²) in [7, 11) is 0. The molecule has 0 aromatic carbocycles. The van der Waals surface area contributed by atoms with Crippen molar-refractivity contribution in [2.24, 2.45) is 0 Å². The molecule has 0 amide bonds. The Morgan fingerprint density at radius 3 is 2.41 bits per heavy atom. The first-order valence-corrected chi connectivity index (χ1v) is 7.78. The highest BCUT2D eigenvalue weighted by Crippen LogP contribution is 2.30. The molecule has 1 aliphatic heterocycles. The zero-order valence-corrected chi connectivity index (χ0v) is 13.9. The topological polar surface area (TPSA) is 12.0 Å². The maximum atomic E-state index is 3.96. The molecule has 1 heterocycles. The molecule has 0 aromatic rings. The second-order valence-electron chi connectivity index (χ2n) is 5.22. The Hall–Kier alpha value is -2.28. The van der Waals surface area contributed by atoms with Crippen LogP contribution in [0.5, 0.6) is 0 Å². The van der Waals surface area contributed by atoms with Gasteiger partial charge in [-0.2, -0.15) is 0 Å². The smallest absolute Gasteiger partial charge is 0.0371 e. The van der Waals surface area contributed by atoms with Crippen LogP contribution in [-0.2, 0) is 0 Å². The fourth-order valence-electron chi connectivity index (χ4n) is 2.53. The largest absolute Gasteiger partial charge is 0.359 e. The van der Waals surface area contributed by atoms with Gasteiger partial charge in [-0.3, -0.25) is 0 Å². The average Bonchev–Trinajstić information content (AvgIpc) is 2.63. The quantitative estimate of drug-likeness (QED) is 0.576. The van der Waals surface area contributed by atoms with Crippen LogP contribution in [-0.4, -0.2) is 0 Å². The van der Waals surface area contributed by atoms with Crippen LogP contribution in [0.1, 0.15) is 33.1 Å². The number of nitrogens with one attached hydrogen (secondary N) is 1. The predicted octanol–water partition coefficient (Wildman–Crippen LogP) is 5.90. The van der Waals surface area contributed by atoms with Crippen LogP contribution < -0.4 is 5.32 Å². The molecule has 0 bridgehead atoms. The molecule has 1 heteroatoms. The van der Waals surface area contributed by atoms with Gasteiger partial charge in [0.2, 0.25) is 0 Å². The van der Waals surface area contributed by atoms with E-state index < -0.39 is 0 Å². The molecule has 0 fully saturated rings. The molecule has 0 saturated carbocycles. The lowest BCUT2D eigenvalue weighted by Gasteiger charge is -2.10. The molecule has 1 nitrogen and oxygen atoms in total. The standard InChI is InChI=1S/C21H27N/c1-6-10-12-14-18-16-19(13-8-3)21(9-4)22-17(5)20(18)15-11-7-2/h6-7,9-12,14-15,22H,1-2,4,8,13,16H2,3,5H3/b12-10-,15-11-,18-14+. The van der Waals surface area contributed by atoms with Crippen LogP contribution in [0.15, 0.2) is 96.5 Å². The SMILES string of the molecule is C=C/C=C\C=C1/CC(CCC)=C(C=C)NC(C)=C1/C=C\C=C. The van der Waals surface area contributed by atoms with Crippen molar-refractivity contribution in [1.29, 1.82) is 0 Å². The second kappa shape index (κ2) is 9.62. The summed E-state index contributed by atoms with van der Waals surface area (Å²) in [5.74, 6) is 0. The first kappa shape index (κ1) is 17.8. The third kappa shape index (κ3) is 4.92. The van der Waals surface area contributed by atoms with Gasteiger partial charge in [0.05, 0.1) is 0 Å². The molecule has 0 unspecified atom stereocenters. The van der Waals surface area contributed by atoms with E-state index in [9.17, 15) is 0 Å². The molecular formula is C21H27N. The Bertz CT molecular complexity index is 577. The van der Waals surface area contributed by atoms with Crippen molar-refractivity contribution in [3.05, 3.63) is 96.5 Å². The van der Waals surface area contributed by atoms with Crippen molar-refractivity contribution >= 4 is 0 Å². The molecular weight excluding hydrogens is 266 g/mol. The molecule has 0 aromatic heterocycles. The van der Waals surface area contributed by atoms with Crippen molar-refractivity contribution < 1.29 is 0 Å². The van der Waals surface area contributed by atoms with E-state index in [1.807, 2.05) is 24.3 Å². The Morgan fingerprint density at radius 1 is 1.09 bits per heavy atom. The highest BCUT2D eigenvalue weighted by molar-refractivity contribution is 5.51. The van der Waals surface area contributed by atoms with Crippen LogP contribution >= 0.6 is 0 Å². The van der Waals surface area contributed by atoms with Crippen molar-refractivity contribution in [1.82, 2.24) is 5.32 Å². The van der Waals surface area contributed by atoms with Crippen LogP contribution in [0.25, 0.3) is 0 Å². The lowest BCUT2D eigenvalue weighted by Crippen LogP contribution is -2.10. The van der Waals surface area contributed by atoms with Crippen LogP contribution in [0.3, 0.4) is 0 Å². The number of rotatable bonds is 7. The monoisotopic (exact) mass is 293 g/mol. The highest BCUT2D eigenvalue weighted by Gasteiger charge is 2.16. The van der Waals surface area contributed by atoms with E-state index in [-0.39, 0.29) is 0 Å². The summed E-state index contributed by atoms with van der Waals surface area (Å²) < 4.78 is 0. The summed E-state index contributed by atoms with van der Waals surface area (Å²) in [6.45, 7) is 15.8. The van der Waals surface area contributed by atoms with Gasteiger partial charge in [-0.1, -0.05) is 75.6 Å². The molecule has 1 rings (SSSR count). The van der Waals surface area contributed by atoms with Gasteiger partial charge in [0.25, 0.3) is 0 Å². The molecule has 0 radical (unpaired) electrons. The van der Waals surface area contributed by atoms with Gasteiger partial charge in [-0.15, -0.1) is 0 Å². The lowest BCUT2D eigenvalue weighted by molar-refractivity contribution is 0.845. The second-order valence-corrected chi connectivity index (χ2v) is 5.22. The van der Waals surface area contributed by atoms with Crippen LogP contribution in [0.4, 0.5) is 0 Å². The number of hydrogen-bond donors (Lipinski definition) is 1. The summed E-state index contributed by atoms with van der Waals surface area (Å²) in [5.41, 5.74) is 6.18. The fraction of sp³-hybridized carbons (Fsp3) is 0.238. The van der Waals surface area contributed by atoms with E-state index in [0.717, 1.165) is 30.7 Å². The van der Waals surface area contributed by atoms with Gasteiger partial charge in [0, 0.05) is 11.4 Å². The van der Waals surface area contributed by atoms with Gasteiger partial charge in [0.15, 0.2) is 0 Å². The lowest BCUT2D eigenvalue weighted by atomic mass is 9.94. The summed E-state index contributed by atoms with van der Waals surface area (Å²) >= 11 is 0. The molecule has 0 atom stereocenters. The van der Waals surface area contributed by atoms with E-state index in [1.54, 1.807) is 12.2 Å². The normalized spacial score (nSPS) is 18.0. The molecule has 1 N–H and O–H groups in total. The third-order valence-electron chi connectivity index (χ3n) is 3.56. The Balaban J connectivity index is 3.36. The minimum absolute atomic E-state index is 0.928. The van der Waals surface area contributed by atoms with Crippen LogP contribution in [0, 0.1) is 0 Å². The fourth-order valence-corrected chi connectivity index (χ4v) is 2.53. The number of allylic oxidation sites excluding steroid dienone is 12.